The van der Waals surface area contributed by atoms with Crippen LogP contribution in [0.5, 0.6) is 0 Å². The molecule has 1 aliphatic rings. The quantitative estimate of drug-likeness (QED) is 0.886. The van der Waals surface area contributed by atoms with E-state index in [1.807, 2.05) is 13.0 Å². The first-order valence-electron chi connectivity index (χ1n) is 7.09. The van der Waals surface area contributed by atoms with Gasteiger partial charge in [0.2, 0.25) is 0 Å². The molecule has 0 spiro atoms. The smallest absolute Gasteiger partial charge is 0.310 e. The molecule has 3 nitrogen and oxygen atoms in total. The van der Waals surface area contributed by atoms with Gasteiger partial charge in [0.25, 0.3) is 0 Å². The Kier molecular flexibility index (Phi) is 4.25. The van der Waals surface area contributed by atoms with Gasteiger partial charge in [-0.05, 0) is 38.3 Å². The molecule has 2 rings (SSSR count). The molecule has 1 saturated heterocycles. The van der Waals surface area contributed by atoms with E-state index < -0.39 is 11.4 Å². The van der Waals surface area contributed by atoms with Crippen LogP contribution in [0.2, 0.25) is 0 Å². The molecule has 1 aromatic rings. The highest BCUT2D eigenvalue weighted by Gasteiger charge is 2.44. The van der Waals surface area contributed by atoms with Crippen LogP contribution >= 0.6 is 0 Å². The van der Waals surface area contributed by atoms with Crippen LogP contribution in [-0.4, -0.2) is 35.1 Å². The highest BCUT2D eigenvalue weighted by Crippen LogP contribution is 2.35. The van der Waals surface area contributed by atoms with Gasteiger partial charge in [0, 0.05) is 12.6 Å². The Labute approximate surface area is 115 Å². The molecular formula is C16H23NO2. The predicted octanol–water partition coefficient (Wildman–Crippen LogP) is 2.80. The molecule has 19 heavy (non-hydrogen) atoms. The van der Waals surface area contributed by atoms with E-state index in [1.54, 1.807) is 0 Å². The molecule has 104 valence electrons. The van der Waals surface area contributed by atoms with E-state index in [2.05, 4.69) is 36.1 Å². The first-order valence-corrected chi connectivity index (χ1v) is 7.09. The molecule has 1 N–H and O–H groups in total. The van der Waals surface area contributed by atoms with Crippen LogP contribution in [0, 0.1) is 5.41 Å². The number of hydrogen-bond acceptors (Lipinski definition) is 2. The third-order valence-corrected chi connectivity index (χ3v) is 4.51. The summed E-state index contributed by atoms with van der Waals surface area (Å²) >= 11 is 0. The molecule has 0 bridgehead atoms. The van der Waals surface area contributed by atoms with Gasteiger partial charge in [-0.25, -0.2) is 0 Å². The number of carbonyl (C=O) groups is 1. The summed E-state index contributed by atoms with van der Waals surface area (Å²) in [4.78, 5) is 13.8. The molecule has 1 heterocycles. The number of hydrogen-bond donors (Lipinski definition) is 1. The van der Waals surface area contributed by atoms with Crippen LogP contribution in [0.25, 0.3) is 0 Å². The maximum Gasteiger partial charge on any atom is 0.310 e. The Morgan fingerprint density at radius 3 is 2.63 bits per heavy atom. The van der Waals surface area contributed by atoms with Crippen LogP contribution in [0.4, 0.5) is 0 Å². The minimum absolute atomic E-state index is 0.398. The number of likely N-dealkylation sites (tertiary alicyclic amines) is 1. The molecule has 0 aliphatic carbocycles. The van der Waals surface area contributed by atoms with Crippen molar-refractivity contribution in [3.63, 3.8) is 0 Å². The highest BCUT2D eigenvalue weighted by molar-refractivity contribution is 5.75. The number of nitrogens with zero attached hydrogens (tertiary/aromatic N) is 1. The fourth-order valence-electron chi connectivity index (χ4n) is 2.98. The largest absolute Gasteiger partial charge is 0.481 e. The fraction of sp³-hybridized carbons (Fsp3) is 0.562. The van der Waals surface area contributed by atoms with Crippen molar-refractivity contribution in [1.82, 2.24) is 4.90 Å². The average molecular weight is 261 g/mol. The molecule has 2 atom stereocenters. The molecule has 1 aliphatic heterocycles. The summed E-state index contributed by atoms with van der Waals surface area (Å²) in [5.41, 5.74) is 0.796. The number of aliphatic carboxylic acids is 1. The van der Waals surface area contributed by atoms with Crippen molar-refractivity contribution in [3.8, 4) is 0 Å². The van der Waals surface area contributed by atoms with Crippen LogP contribution in [-0.2, 0) is 11.2 Å². The summed E-state index contributed by atoms with van der Waals surface area (Å²) in [5, 5.41) is 9.43. The van der Waals surface area contributed by atoms with Crippen molar-refractivity contribution in [2.75, 3.05) is 13.1 Å². The van der Waals surface area contributed by atoms with Crippen LogP contribution in [0.1, 0.15) is 32.3 Å². The molecule has 0 amide bonds. The Morgan fingerprint density at radius 2 is 2.11 bits per heavy atom. The number of benzene rings is 1. The summed E-state index contributed by atoms with van der Waals surface area (Å²) in [7, 11) is 0. The van der Waals surface area contributed by atoms with Crippen molar-refractivity contribution in [3.05, 3.63) is 35.9 Å². The number of carboxylic acids is 1. The Bertz CT molecular complexity index is 432. The van der Waals surface area contributed by atoms with E-state index >= 15 is 0 Å². The third kappa shape index (κ3) is 2.98. The van der Waals surface area contributed by atoms with Gasteiger partial charge in [-0.1, -0.05) is 37.3 Å². The van der Waals surface area contributed by atoms with Gasteiger partial charge in [0.1, 0.15) is 0 Å². The molecule has 1 aromatic carbocycles. The summed E-state index contributed by atoms with van der Waals surface area (Å²) < 4.78 is 0. The Hall–Kier alpha value is -1.35. The molecule has 3 heteroatoms. The summed E-state index contributed by atoms with van der Waals surface area (Å²) in [6, 6.07) is 10.8. The van der Waals surface area contributed by atoms with E-state index in [1.165, 1.54) is 5.56 Å². The van der Waals surface area contributed by atoms with Crippen molar-refractivity contribution >= 4 is 5.97 Å². The van der Waals surface area contributed by atoms with Crippen LogP contribution in [0.3, 0.4) is 0 Å². The van der Waals surface area contributed by atoms with Crippen molar-refractivity contribution < 1.29 is 9.90 Å². The second-order valence-electron chi connectivity index (χ2n) is 5.70. The second kappa shape index (κ2) is 5.74. The minimum atomic E-state index is -0.635. The number of carboxylic acid groups (broad SMARTS) is 1. The zero-order valence-electron chi connectivity index (χ0n) is 11.8. The van der Waals surface area contributed by atoms with Crippen molar-refractivity contribution in [2.45, 2.75) is 39.2 Å². The monoisotopic (exact) mass is 261 g/mol. The minimum Gasteiger partial charge on any atom is -0.481 e. The van der Waals surface area contributed by atoms with E-state index in [-0.39, 0.29) is 0 Å². The summed E-state index contributed by atoms with van der Waals surface area (Å²) in [6.45, 7) is 5.76. The molecule has 0 saturated carbocycles. The molecule has 2 unspecified atom stereocenters. The maximum absolute atomic E-state index is 11.5. The average Bonchev–Trinajstić information content (AvgIpc) is 2.86. The van der Waals surface area contributed by atoms with Crippen molar-refractivity contribution in [2.24, 2.45) is 5.41 Å². The molecule has 0 radical (unpaired) electrons. The van der Waals surface area contributed by atoms with E-state index in [0.717, 1.165) is 25.8 Å². The van der Waals surface area contributed by atoms with E-state index in [0.29, 0.717) is 12.6 Å². The van der Waals surface area contributed by atoms with Gasteiger partial charge in [-0.15, -0.1) is 0 Å². The topological polar surface area (TPSA) is 40.5 Å². The first-order chi connectivity index (χ1) is 9.07. The predicted molar refractivity (Wildman–Crippen MR) is 76.2 cm³/mol. The molecular weight excluding hydrogens is 238 g/mol. The zero-order chi connectivity index (χ0) is 13.9. The Balaban J connectivity index is 1.99. The number of rotatable bonds is 5. The van der Waals surface area contributed by atoms with Gasteiger partial charge in [0.15, 0.2) is 0 Å². The van der Waals surface area contributed by atoms with E-state index in [4.69, 9.17) is 0 Å². The maximum atomic E-state index is 11.5. The third-order valence-electron chi connectivity index (χ3n) is 4.51. The van der Waals surface area contributed by atoms with Gasteiger partial charge >= 0.3 is 5.97 Å². The summed E-state index contributed by atoms with van der Waals surface area (Å²) in [5.74, 6) is -0.635. The molecule has 0 aromatic heterocycles. The zero-order valence-corrected chi connectivity index (χ0v) is 11.8. The highest BCUT2D eigenvalue weighted by atomic mass is 16.4. The van der Waals surface area contributed by atoms with Crippen LogP contribution < -0.4 is 0 Å². The van der Waals surface area contributed by atoms with Gasteiger partial charge in [-0.3, -0.25) is 9.69 Å². The normalized spacial score (nSPS) is 25.4. The van der Waals surface area contributed by atoms with Gasteiger partial charge in [0.05, 0.1) is 5.41 Å². The van der Waals surface area contributed by atoms with Gasteiger partial charge in [-0.2, -0.15) is 0 Å². The SMILES string of the molecule is CCC1(C(=O)O)CCN(C(C)Cc2ccccc2)C1. The van der Waals surface area contributed by atoms with Gasteiger partial charge < -0.3 is 5.11 Å². The molecule has 1 fully saturated rings. The van der Waals surface area contributed by atoms with Crippen LogP contribution in [0.15, 0.2) is 30.3 Å². The lowest BCUT2D eigenvalue weighted by Gasteiger charge is -2.27. The van der Waals surface area contributed by atoms with E-state index in [9.17, 15) is 9.90 Å². The fourth-order valence-corrected chi connectivity index (χ4v) is 2.98. The standard InChI is InChI=1S/C16H23NO2/c1-3-16(15(18)19)9-10-17(12-16)13(2)11-14-7-5-4-6-8-14/h4-8,13H,3,9-12H2,1-2H3,(H,18,19). The lowest BCUT2D eigenvalue weighted by molar-refractivity contribution is -0.148. The lowest BCUT2D eigenvalue weighted by Crippen LogP contribution is -2.38. The first kappa shape index (κ1) is 14.1. The summed E-state index contributed by atoms with van der Waals surface area (Å²) in [6.07, 6.45) is 2.48. The second-order valence-corrected chi connectivity index (χ2v) is 5.70. The Morgan fingerprint density at radius 1 is 1.42 bits per heavy atom. The lowest BCUT2D eigenvalue weighted by atomic mass is 9.84. The van der Waals surface area contributed by atoms with Crippen molar-refractivity contribution in [1.29, 1.82) is 0 Å².